The molecular formula is C14H12O5. The first kappa shape index (κ1) is 12.8. The first-order valence-corrected chi connectivity index (χ1v) is 5.54. The van der Waals surface area contributed by atoms with Crippen LogP contribution in [0.5, 0.6) is 17.2 Å². The van der Waals surface area contributed by atoms with Crippen molar-refractivity contribution in [2.45, 2.75) is 6.42 Å². The van der Waals surface area contributed by atoms with Gasteiger partial charge in [0.1, 0.15) is 5.56 Å². The number of hydrogen-bond donors (Lipinski definition) is 4. The molecule has 0 aliphatic rings. The molecule has 5 nitrogen and oxygen atoms in total. The lowest BCUT2D eigenvalue weighted by Crippen LogP contribution is -2.00. The number of aromatic hydroxyl groups is 3. The summed E-state index contributed by atoms with van der Waals surface area (Å²) in [7, 11) is 0. The van der Waals surface area contributed by atoms with Crippen LogP contribution in [0.25, 0.3) is 0 Å². The van der Waals surface area contributed by atoms with Gasteiger partial charge in [0.2, 0.25) is 5.75 Å². The van der Waals surface area contributed by atoms with Crippen molar-refractivity contribution >= 4 is 5.97 Å². The molecular weight excluding hydrogens is 248 g/mol. The summed E-state index contributed by atoms with van der Waals surface area (Å²) in [4.78, 5) is 10.9. The van der Waals surface area contributed by atoms with E-state index in [9.17, 15) is 20.1 Å². The molecule has 0 saturated heterocycles. The van der Waals surface area contributed by atoms with E-state index in [-0.39, 0.29) is 12.0 Å². The summed E-state index contributed by atoms with van der Waals surface area (Å²) >= 11 is 0. The molecule has 2 rings (SSSR count). The highest BCUT2D eigenvalue weighted by atomic mass is 16.4. The summed E-state index contributed by atoms with van der Waals surface area (Å²) in [5, 5.41) is 37.6. The van der Waals surface area contributed by atoms with Crippen molar-refractivity contribution in [1.29, 1.82) is 0 Å². The lowest BCUT2D eigenvalue weighted by atomic mass is 10.0. The quantitative estimate of drug-likeness (QED) is 0.633. The van der Waals surface area contributed by atoms with Crippen molar-refractivity contribution in [3.05, 3.63) is 53.1 Å². The number of carboxylic acids is 1. The molecule has 0 unspecified atom stereocenters. The Hall–Kier alpha value is -2.69. The van der Waals surface area contributed by atoms with E-state index in [2.05, 4.69) is 0 Å². The molecule has 19 heavy (non-hydrogen) atoms. The van der Waals surface area contributed by atoms with Gasteiger partial charge in [0, 0.05) is 12.0 Å². The zero-order chi connectivity index (χ0) is 14.0. The van der Waals surface area contributed by atoms with Gasteiger partial charge in [-0.3, -0.25) is 0 Å². The van der Waals surface area contributed by atoms with Gasteiger partial charge in [0.25, 0.3) is 0 Å². The summed E-state index contributed by atoms with van der Waals surface area (Å²) in [5.74, 6) is -3.53. The van der Waals surface area contributed by atoms with Crippen LogP contribution in [0.3, 0.4) is 0 Å². The molecule has 0 heterocycles. The van der Waals surface area contributed by atoms with Gasteiger partial charge < -0.3 is 20.4 Å². The van der Waals surface area contributed by atoms with Crippen molar-refractivity contribution in [2.75, 3.05) is 0 Å². The van der Waals surface area contributed by atoms with Crippen LogP contribution in [0, 0.1) is 0 Å². The Bertz CT molecular complexity index is 619. The molecule has 0 bridgehead atoms. The standard InChI is InChI=1S/C14H12O5/c15-11-9(6-8-4-2-1-3-5-8)7-10(14(18)19)12(16)13(11)17/h1-5,7,15-17H,6H2,(H,18,19). The number of aromatic carboxylic acids is 1. The monoisotopic (exact) mass is 260 g/mol. The molecule has 0 radical (unpaired) electrons. The van der Waals surface area contributed by atoms with Crippen LogP contribution in [0.4, 0.5) is 0 Å². The third kappa shape index (κ3) is 2.44. The highest BCUT2D eigenvalue weighted by molar-refractivity contribution is 5.93. The molecule has 0 fully saturated rings. The minimum Gasteiger partial charge on any atom is -0.504 e. The SMILES string of the molecule is O=C(O)c1cc(Cc2ccccc2)c(O)c(O)c1O. The highest BCUT2D eigenvalue weighted by Gasteiger charge is 2.20. The molecule has 0 atom stereocenters. The van der Waals surface area contributed by atoms with Crippen molar-refractivity contribution in [3.63, 3.8) is 0 Å². The largest absolute Gasteiger partial charge is 0.504 e. The van der Waals surface area contributed by atoms with Crippen molar-refractivity contribution in [3.8, 4) is 17.2 Å². The Kier molecular flexibility index (Phi) is 3.29. The molecule has 98 valence electrons. The van der Waals surface area contributed by atoms with Gasteiger partial charge in [-0.2, -0.15) is 0 Å². The van der Waals surface area contributed by atoms with Crippen LogP contribution in [0.15, 0.2) is 36.4 Å². The lowest BCUT2D eigenvalue weighted by molar-refractivity contribution is 0.0692. The average Bonchev–Trinajstić information content (AvgIpc) is 2.40. The number of carboxylic acid groups (broad SMARTS) is 1. The Morgan fingerprint density at radius 3 is 2.16 bits per heavy atom. The van der Waals surface area contributed by atoms with Gasteiger partial charge in [-0.1, -0.05) is 30.3 Å². The van der Waals surface area contributed by atoms with Crippen molar-refractivity contribution < 1.29 is 25.2 Å². The zero-order valence-electron chi connectivity index (χ0n) is 9.87. The van der Waals surface area contributed by atoms with Crippen LogP contribution in [0.1, 0.15) is 21.5 Å². The van der Waals surface area contributed by atoms with Gasteiger partial charge in [-0.15, -0.1) is 0 Å². The second-order valence-electron chi connectivity index (χ2n) is 4.10. The summed E-state index contributed by atoms with van der Waals surface area (Å²) in [6.07, 6.45) is 0.251. The van der Waals surface area contributed by atoms with E-state index < -0.39 is 28.8 Å². The molecule has 0 aliphatic carbocycles. The molecule has 2 aromatic carbocycles. The Balaban J connectivity index is 2.49. The van der Waals surface area contributed by atoms with Crippen molar-refractivity contribution in [2.24, 2.45) is 0 Å². The fourth-order valence-electron chi connectivity index (χ4n) is 1.82. The number of rotatable bonds is 3. The van der Waals surface area contributed by atoms with Crippen LogP contribution < -0.4 is 0 Å². The summed E-state index contributed by atoms with van der Waals surface area (Å²) < 4.78 is 0. The normalized spacial score (nSPS) is 10.3. The molecule has 0 saturated carbocycles. The minimum atomic E-state index is -1.37. The summed E-state index contributed by atoms with van der Waals surface area (Å²) in [6.45, 7) is 0. The highest BCUT2D eigenvalue weighted by Crippen LogP contribution is 2.41. The van der Waals surface area contributed by atoms with Gasteiger partial charge >= 0.3 is 5.97 Å². The fourth-order valence-corrected chi connectivity index (χ4v) is 1.82. The molecule has 4 N–H and O–H groups in total. The van der Waals surface area contributed by atoms with Gasteiger partial charge in [-0.25, -0.2) is 4.79 Å². The maximum Gasteiger partial charge on any atom is 0.339 e. The predicted octanol–water partition coefficient (Wildman–Crippen LogP) is 2.09. The van der Waals surface area contributed by atoms with Crippen LogP contribution >= 0.6 is 0 Å². The molecule has 0 aliphatic heterocycles. The molecule has 0 aromatic heterocycles. The zero-order valence-corrected chi connectivity index (χ0v) is 9.87. The molecule has 2 aromatic rings. The van der Waals surface area contributed by atoms with E-state index in [0.29, 0.717) is 0 Å². The van der Waals surface area contributed by atoms with E-state index >= 15 is 0 Å². The molecule has 0 spiro atoms. The minimum absolute atomic E-state index is 0.235. The summed E-state index contributed by atoms with van der Waals surface area (Å²) in [6, 6.07) is 10.2. The molecule has 0 amide bonds. The Morgan fingerprint density at radius 1 is 0.947 bits per heavy atom. The van der Waals surface area contributed by atoms with Gasteiger partial charge in [0.05, 0.1) is 0 Å². The van der Waals surface area contributed by atoms with Crippen LogP contribution in [-0.4, -0.2) is 26.4 Å². The number of benzene rings is 2. The van der Waals surface area contributed by atoms with Gasteiger partial charge in [0.15, 0.2) is 11.5 Å². The van der Waals surface area contributed by atoms with Crippen LogP contribution in [-0.2, 0) is 6.42 Å². The number of carbonyl (C=O) groups is 1. The number of phenols is 3. The maximum absolute atomic E-state index is 10.9. The lowest BCUT2D eigenvalue weighted by Gasteiger charge is -2.10. The van der Waals surface area contributed by atoms with E-state index in [1.54, 1.807) is 0 Å². The maximum atomic E-state index is 10.9. The second kappa shape index (κ2) is 4.89. The second-order valence-corrected chi connectivity index (χ2v) is 4.10. The average molecular weight is 260 g/mol. The van der Waals surface area contributed by atoms with Crippen molar-refractivity contribution in [1.82, 2.24) is 0 Å². The third-order valence-corrected chi connectivity index (χ3v) is 2.79. The van der Waals surface area contributed by atoms with E-state index in [1.807, 2.05) is 30.3 Å². The van der Waals surface area contributed by atoms with E-state index in [4.69, 9.17) is 5.11 Å². The van der Waals surface area contributed by atoms with E-state index in [1.165, 1.54) is 0 Å². The first-order valence-electron chi connectivity index (χ1n) is 5.54. The Labute approximate surface area is 109 Å². The Morgan fingerprint density at radius 2 is 1.58 bits per heavy atom. The first-order chi connectivity index (χ1) is 9.00. The van der Waals surface area contributed by atoms with Gasteiger partial charge in [-0.05, 0) is 11.6 Å². The topological polar surface area (TPSA) is 98.0 Å². The van der Waals surface area contributed by atoms with E-state index in [0.717, 1.165) is 11.6 Å². The fraction of sp³-hybridized carbons (Fsp3) is 0.0714. The smallest absolute Gasteiger partial charge is 0.339 e. The number of hydrogen-bond acceptors (Lipinski definition) is 4. The molecule has 5 heteroatoms. The van der Waals surface area contributed by atoms with Crippen LogP contribution in [0.2, 0.25) is 0 Å². The summed E-state index contributed by atoms with van der Waals surface area (Å²) in [5.41, 5.74) is 0.638. The third-order valence-electron chi connectivity index (χ3n) is 2.79. The number of phenolic OH excluding ortho intramolecular Hbond substituents is 2. The predicted molar refractivity (Wildman–Crippen MR) is 67.6 cm³/mol.